The molecule has 2 aromatic carbocycles. The van der Waals surface area contributed by atoms with Crippen LogP contribution in [0.3, 0.4) is 0 Å². The van der Waals surface area contributed by atoms with Crippen molar-refractivity contribution in [2.75, 3.05) is 13.7 Å². The number of hydrogen-bond acceptors (Lipinski definition) is 6. The second-order valence-electron chi connectivity index (χ2n) is 13.3. The fourth-order valence-electron chi connectivity index (χ4n) is 4.40. The lowest BCUT2D eigenvalue weighted by atomic mass is 10.1. The van der Waals surface area contributed by atoms with Gasteiger partial charge >= 0.3 is 12.1 Å². The van der Waals surface area contributed by atoms with Crippen LogP contribution < -0.4 is 4.74 Å². The number of esters is 1. The van der Waals surface area contributed by atoms with Crippen LogP contribution >= 0.6 is 0 Å². The Hall–Kier alpha value is -3.30. The molecule has 1 aliphatic heterocycles. The first-order chi connectivity index (χ1) is 19.1. The Labute approximate surface area is 244 Å². The van der Waals surface area contributed by atoms with Crippen molar-refractivity contribution >= 4 is 31.3 Å². The maximum absolute atomic E-state index is 12.7. The number of nitrogens with zero attached hydrogens (tertiary/aromatic N) is 2. The predicted octanol–water partition coefficient (Wildman–Crippen LogP) is 7.15. The molecule has 8 nitrogen and oxygen atoms in total. The zero-order valence-electron chi connectivity index (χ0n) is 25.9. The monoisotopic (exact) mass is 580 g/mol. The van der Waals surface area contributed by atoms with Gasteiger partial charge in [-0.1, -0.05) is 51.1 Å². The first-order valence-corrected chi connectivity index (χ1v) is 17.0. The van der Waals surface area contributed by atoms with Crippen molar-refractivity contribution in [1.82, 2.24) is 9.47 Å². The third-order valence-electron chi connectivity index (χ3n) is 7.83. The standard InChI is InChI=1S/C32H44N2O6Si/c1-31(2,3)40-30(36)34-19-25(34)18-33-17-24(21-39-41(8,9)32(4,5)6)28-26(33)15-23(29(35)37-7)16-27(28)38-20-22-13-11-10-12-14-22/h10-17,25H,18-21H2,1-9H3/t25-,34?/m0/s1. The van der Waals surface area contributed by atoms with E-state index in [0.717, 1.165) is 22.0 Å². The molecule has 0 bridgehead atoms. The largest absolute Gasteiger partial charge is 0.488 e. The van der Waals surface area contributed by atoms with Gasteiger partial charge in [0, 0.05) is 30.2 Å². The second-order valence-corrected chi connectivity index (χ2v) is 18.1. The van der Waals surface area contributed by atoms with E-state index in [9.17, 15) is 9.59 Å². The molecule has 1 aliphatic rings. The molecule has 2 heterocycles. The van der Waals surface area contributed by atoms with Gasteiger partial charge in [-0.2, -0.15) is 0 Å². The van der Waals surface area contributed by atoms with Gasteiger partial charge in [0.15, 0.2) is 8.32 Å². The van der Waals surface area contributed by atoms with Crippen molar-refractivity contribution in [3.05, 3.63) is 65.4 Å². The minimum atomic E-state index is -2.05. The number of methoxy groups -OCH3 is 1. The van der Waals surface area contributed by atoms with E-state index in [1.807, 2.05) is 57.2 Å². The molecule has 1 amide bonds. The van der Waals surface area contributed by atoms with Gasteiger partial charge in [0.05, 0.1) is 30.8 Å². The zero-order chi connectivity index (χ0) is 30.2. The molecule has 3 aromatic rings. The molecule has 222 valence electrons. The smallest absolute Gasteiger partial charge is 0.410 e. The summed E-state index contributed by atoms with van der Waals surface area (Å²) in [5.41, 5.74) is 2.68. The van der Waals surface area contributed by atoms with E-state index < -0.39 is 19.9 Å². The first-order valence-electron chi connectivity index (χ1n) is 14.1. The molecule has 0 N–H and O–H groups in total. The summed E-state index contributed by atoms with van der Waals surface area (Å²) in [4.78, 5) is 27.1. The average molecular weight is 581 g/mol. The van der Waals surface area contributed by atoms with Crippen LogP contribution in [-0.2, 0) is 33.7 Å². The van der Waals surface area contributed by atoms with Crippen LogP contribution in [0.15, 0.2) is 48.7 Å². The zero-order valence-corrected chi connectivity index (χ0v) is 26.9. The molecule has 1 aromatic heterocycles. The van der Waals surface area contributed by atoms with Gasteiger partial charge in [-0.3, -0.25) is 4.90 Å². The summed E-state index contributed by atoms with van der Waals surface area (Å²) >= 11 is 0. The van der Waals surface area contributed by atoms with E-state index >= 15 is 0 Å². The number of hydrogen-bond donors (Lipinski definition) is 0. The lowest BCUT2D eigenvalue weighted by Gasteiger charge is -2.36. The quantitative estimate of drug-likeness (QED) is 0.152. The molecule has 1 fully saturated rings. The average Bonchev–Trinajstić information content (AvgIpc) is 3.58. The molecule has 0 saturated carbocycles. The van der Waals surface area contributed by atoms with Crippen LogP contribution in [0.2, 0.25) is 18.1 Å². The number of amides is 1. The summed E-state index contributed by atoms with van der Waals surface area (Å²) in [5, 5.41) is 0.953. The minimum absolute atomic E-state index is 0.00919. The van der Waals surface area contributed by atoms with Crippen LogP contribution in [-0.4, -0.2) is 55.1 Å². The molecule has 4 rings (SSSR count). The molecule has 1 saturated heterocycles. The SMILES string of the molecule is COC(=O)c1cc(OCc2ccccc2)c2c(CO[Si](C)(C)C(C)(C)C)cn(C[C@H]3CN3C(=O)OC(C)(C)C)c2c1. The van der Waals surface area contributed by atoms with Crippen molar-refractivity contribution < 1.29 is 28.2 Å². The molecular formula is C32H44N2O6Si. The van der Waals surface area contributed by atoms with Gasteiger partial charge in [0.2, 0.25) is 0 Å². The maximum atomic E-state index is 12.7. The lowest BCUT2D eigenvalue weighted by molar-refractivity contribution is 0.0404. The number of aromatic nitrogens is 1. The van der Waals surface area contributed by atoms with Gasteiger partial charge in [0.1, 0.15) is 18.0 Å². The van der Waals surface area contributed by atoms with Gasteiger partial charge in [-0.05, 0) is 56.6 Å². The summed E-state index contributed by atoms with van der Waals surface area (Å²) in [6.45, 7) is 18.6. The fraction of sp³-hybridized carbons (Fsp3) is 0.500. The van der Waals surface area contributed by atoms with Crippen molar-refractivity contribution in [2.45, 2.75) is 91.1 Å². The summed E-state index contributed by atoms with van der Waals surface area (Å²) in [5.74, 6) is 0.157. The Kier molecular flexibility index (Phi) is 8.62. The number of benzene rings is 2. The summed E-state index contributed by atoms with van der Waals surface area (Å²) in [6, 6.07) is 13.5. The fourth-order valence-corrected chi connectivity index (χ4v) is 5.35. The molecular weight excluding hydrogens is 536 g/mol. The number of carbonyl (C=O) groups is 2. The second kappa shape index (κ2) is 11.5. The van der Waals surface area contributed by atoms with E-state index in [-0.39, 0.29) is 17.2 Å². The minimum Gasteiger partial charge on any atom is -0.488 e. The summed E-state index contributed by atoms with van der Waals surface area (Å²) in [7, 11) is -0.678. The number of rotatable bonds is 9. The third kappa shape index (κ3) is 7.32. The lowest BCUT2D eigenvalue weighted by Crippen LogP contribution is -2.40. The Morgan fingerprint density at radius 3 is 2.29 bits per heavy atom. The van der Waals surface area contributed by atoms with Crippen LogP contribution in [0, 0.1) is 0 Å². The van der Waals surface area contributed by atoms with Gasteiger partial charge in [0.25, 0.3) is 0 Å². The van der Waals surface area contributed by atoms with Crippen LogP contribution in [0.5, 0.6) is 5.75 Å². The highest BCUT2D eigenvalue weighted by atomic mass is 28.4. The molecule has 0 aliphatic carbocycles. The highest BCUT2D eigenvalue weighted by Crippen LogP contribution is 2.39. The van der Waals surface area contributed by atoms with Gasteiger partial charge < -0.3 is 23.2 Å². The molecule has 9 heteroatoms. The first kappa shape index (κ1) is 30.7. The normalized spacial score (nSPS) is 15.6. The third-order valence-corrected chi connectivity index (χ3v) is 12.3. The number of ether oxygens (including phenoxy) is 3. The Bertz CT molecular complexity index is 1400. The van der Waals surface area contributed by atoms with Crippen LogP contribution in [0.25, 0.3) is 10.9 Å². The molecule has 1 atom stereocenters. The highest BCUT2D eigenvalue weighted by Gasteiger charge is 2.42. The number of carbonyl (C=O) groups excluding carboxylic acids is 2. The summed E-state index contributed by atoms with van der Waals surface area (Å²) in [6.07, 6.45) is 1.75. The number of fused-ring (bicyclic) bond motifs is 1. The van der Waals surface area contributed by atoms with Crippen molar-refractivity contribution in [3.63, 3.8) is 0 Å². The molecule has 0 spiro atoms. The Morgan fingerprint density at radius 2 is 1.68 bits per heavy atom. The Morgan fingerprint density at radius 1 is 1.00 bits per heavy atom. The van der Waals surface area contributed by atoms with Crippen molar-refractivity contribution in [3.8, 4) is 5.75 Å². The van der Waals surface area contributed by atoms with E-state index in [2.05, 4.69) is 44.6 Å². The predicted molar refractivity (Wildman–Crippen MR) is 163 cm³/mol. The van der Waals surface area contributed by atoms with Crippen molar-refractivity contribution in [1.29, 1.82) is 0 Å². The Balaban J connectivity index is 1.73. The van der Waals surface area contributed by atoms with E-state index in [4.69, 9.17) is 18.6 Å². The highest BCUT2D eigenvalue weighted by molar-refractivity contribution is 6.74. The molecule has 0 unspecified atom stereocenters. The van der Waals surface area contributed by atoms with E-state index in [0.29, 0.717) is 37.6 Å². The van der Waals surface area contributed by atoms with Gasteiger partial charge in [-0.25, -0.2) is 9.59 Å². The van der Waals surface area contributed by atoms with Crippen LogP contribution in [0.4, 0.5) is 4.79 Å². The summed E-state index contributed by atoms with van der Waals surface area (Å²) < 4.78 is 25.8. The maximum Gasteiger partial charge on any atom is 0.410 e. The molecule has 0 radical (unpaired) electrons. The topological polar surface area (TPSA) is 79.0 Å². The van der Waals surface area contributed by atoms with E-state index in [1.165, 1.54) is 7.11 Å². The molecule has 41 heavy (non-hydrogen) atoms. The van der Waals surface area contributed by atoms with Crippen molar-refractivity contribution in [2.24, 2.45) is 0 Å². The van der Waals surface area contributed by atoms with Gasteiger partial charge in [-0.15, -0.1) is 0 Å². The van der Waals surface area contributed by atoms with Crippen LogP contribution in [0.1, 0.15) is 63.0 Å². The van der Waals surface area contributed by atoms with E-state index in [1.54, 1.807) is 11.0 Å².